The second kappa shape index (κ2) is 8.88. The van der Waals surface area contributed by atoms with Gasteiger partial charge in [-0.15, -0.1) is 11.8 Å². The summed E-state index contributed by atoms with van der Waals surface area (Å²) in [5.74, 6) is -0.371. The molecule has 1 unspecified atom stereocenters. The predicted molar refractivity (Wildman–Crippen MR) is 127 cm³/mol. The molecule has 4 aromatic rings. The molecule has 178 valence electrons. The van der Waals surface area contributed by atoms with Gasteiger partial charge in [-0.05, 0) is 34.0 Å². The fourth-order valence-electron chi connectivity index (χ4n) is 4.41. The SMILES string of the molecule is COC(=O)C1CSc2c(-c3cccc(C(F)(F)F)c3)c(Cc3cccc4ccccc34)nc(=O)n21. The van der Waals surface area contributed by atoms with E-state index in [2.05, 4.69) is 4.98 Å². The Kier molecular flexibility index (Phi) is 5.88. The number of halogens is 3. The summed E-state index contributed by atoms with van der Waals surface area (Å²) in [7, 11) is 1.23. The van der Waals surface area contributed by atoms with Gasteiger partial charge in [0.25, 0.3) is 0 Å². The van der Waals surface area contributed by atoms with Gasteiger partial charge in [0.05, 0.1) is 23.4 Å². The third kappa shape index (κ3) is 4.20. The zero-order valence-corrected chi connectivity index (χ0v) is 19.3. The average molecular weight is 497 g/mol. The molecule has 0 saturated heterocycles. The molecule has 1 aliphatic rings. The standard InChI is InChI=1S/C26H19F3N2O3S/c1-34-24(32)21-14-35-23-22(17-9-5-10-18(12-17)26(27,28)29)20(30-25(33)31(21)23)13-16-8-4-7-15-6-2-3-11-19(15)16/h2-12,21H,13-14H2,1H3. The van der Waals surface area contributed by atoms with Crippen LogP contribution < -0.4 is 5.69 Å². The molecule has 0 saturated carbocycles. The fourth-order valence-corrected chi connectivity index (χ4v) is 5.74. The quantitative estimate of drug-likeness (QED) is 0.276. The molecule has 0 N–H and O–H groups in total. The Labute approximate surface area is 202 Å². The molecule has 5 nitrogen and oxygen atoms in total. The molecule has 2 heterocycles. The summed E-state index contributed by atoms with van der Waals surface area (Å²) in [4.78, 5) is 29.7. The van der Waals surface area contributed by atoms with Gasteiger partial charge < -0.3 is 4.74 Å². The van der Waals surface area contributed by atoms with E-state index in [0.717, 1.165) is 28.5 Å². The van der Waals surface area contributed by atoms with E-state index in [1.807, 2.05) is 42.5 Å². The first-order chi connectivity index (χ1) is 16.8. The number of benzene rings is 3. The number of hydrogen-bond acceptors (Lipinski definition) is 5. The van der Waals surface area contributed by atoms with Crippen LogP contribution in [0.3, 0.4) is 0 Å². The van der Waals surface area contributed by atoms with Crippen molar-refractivity contribution in [3.8, 4) is 11.1 Å². The Hall–Kier alpha value is -3.59. The molecule has 35 heavy (non-hydrogen) atoms. The van der Waals surface area contributed by atoms with Crippen LogP contribution in [0.1, 0.15) is 22.9 Å². The first-order valence-corrected chi connectivity index (χ1v) is 11.8. The Morgan fingerprint density at radius 1 is 1.11 bits per heavy atom. The maximum Gasteiger partial charge on any atom is 0.416 e. The molecule has 9 heteroatoms. The van der Waals surface area contributed by atoms with E-state index in [0.29, 0.717) is 16.3 Å². The molecule has 0 radical (unpaired) electrons. The molecule has 0 bridgehead atoms. The van der Waals surface area contributed by atoms with E-state index >= 15 is 0 Å². The van der Waals surface area contributed by atoms with E-state index in [1.165, 1.54) is 29.5 Å². The number of alkyl halides is 3. The van der Waals surface area contributed by atoms with Crippen molar-refractivity contribution in [1.82, 2.24) is 9.55 Å². The lowest BCUT2D eigenvalue weighted by Crippen LogP contribution is -2.32. The topological polar surface area (TPSA) is 61.2 Å². The van der Waals surface area contributed by atoms with Crippen molar-refractivity contribution < 1.29 is 22.7 Å². The number of carbonyl (C=O) groups excluding carboxylic acids is 1. The Bertz CT molecular complexity index is 1510. The highest BCUT2D eigenvalue weighted by Gasteiger charge is 2.36. The van der Waals surface area contributed by atoms with Crippen molar-refractivity contribution in [3.05, 3.63) is 94.0 Å². The third-order valence-electron chi connectivity index (χ3n) is 6.04. The average Bonchev–Trinajstić information content (AvgIpc) is 3.29. The van der Waals surface area contributed by atoms with Crippen molar-refractivity contribution in [2.45, 2.75) is 23.7 Å². The summed E-state index contributed by atoms with van der Waals surface area (Å²) in [5, 5.41) is 2.38. The largest absolute Gasteiger partial charge is 0.467 e. The van der Waals surface area contributed by atoms with Gasteiger partial charge in [0.15, 0.2) is 0 Å². The molecule has 1 aliphatic heterocycles. The number of rotatable bonds is 4. The van der Waals surface area contributed by atoms with Crippen molar-refractivity contribution >= 4 is 28.5 Å². The first-order valence-electron chi connectivity index (χ1n) is 10.8. The highest BCUT2D eigenvalue weighted by molar-refractivity contribution is 7.99. The number of hydrogen-bond donors (Lipinski definition) is 0. The normalized spacial score (nSPS) is 15.3. The monoisotopic (exact) mass is 496 g/mol. The molecule has 0 aliphatic carbocycles. The number of esters is 1. The van der Waals surface area contributed by atoms with Gasteiger partial charge in [-0.2, -0.15) is 18.2 Å². The molecule has 0 amide bonds. The molecule has 0 spiro atoms. The number of thioether (sulfide) groups is 1. The van der Waals surface area contributed by atoms with Crippen LogP contribution in [-0.2, 0) is 22.1 Å². The molecule has 5 rings (SSSR count). The van der Waals surface area contributed by atoms with Crippen molar-refractivity contribution in [2.75, 3.05) is 12.9 Å². The number of fused-ring (bicyclic) bond motifs is 2. The Morgan fingerprint density at radius 3 is 2.63 bits per heavy atom. The second-order valence-electron chi connectivity index (χ2n) is 8.13. The first kappa shape index (κ1) is 23.2. The highest BCUT2D eigenvalue weighted by Crippen LogP contribution is 2.42. The van der Waals surface area contributed by atoms with Crippen LogP contribution in [0, 0.1) is 0 Å². The minimum atomic E-state index is -4.53. The van der Waals surface area contributed by atoms with Gasteiger partial charge >= 0.3 is 17.8 Å². The van der Waals surface area contributed by atoms with Crippen LogP contribution in [0.5, 0.6) is 0 Å². The summed E-state index contributed by atoms with van der Waals surface area (Å²) in [6, 6.07) is 17.6. The number of aromatic nitrogens is 2. The van der Waals surface area contributed by atoms with Gasteiger partial charge in [0.1, 0.15) is 6.04 Å². The van der Waals surface area contributed by atoms with Gasteiger partial charge in [-0.3, -0.25) is 4.57 Å². The number of nitrogens with zero attached hydrogens (tertiary/aromatic N) is 2. The lowest BCUT2D eigenvalue weighted by molar-refractivity contribution is -0.144. The van der Waals surface area contributed by atoms with Crippen molar-refractivity contribution in [3.63, 3.8) is 0 Å². The predicted octanol–water partition coefficient (Wildman–Crippen LogP) is 5.49. The van der Waals surface area contributed by atoms with E-state index in [-0.39, 0.29) is 17.7 Å². The van der Waals surface area contributed by atoms with Crippen LogP contribution in [0.2, 0.25) is 0 Å². The van der Waals surface area contributed by atoms with Crippen LogP contribution >= 0.6 is 11.8 Å². The number of ether oxygens (including phenoxy) is 1. The summed E-state index contributed by atoms with van der Waals surface area (Å²) in [6.07, 6.45) is -4.30. The fraction of sp³-hybridized carbons (Fsp3) is 0.192. The minimum absolute atomic E-state index is 0.229. The Morgan fingerprint density at radius 2 is 1.86 bits per heavy atom. The molecular weight excluding hydrogens is 477 g/mol. The minimum Gasteiger partial charge on any atom is -0.467 e. The van der Waals surface area contributed by atoms with E-state index < -0.39 is 29.4 Å². The highest BCUT2D eigenvalue weighted by atomic mass is 32.2. The summed E-state index contributed by atoms with van der Waals surface area (Å²) in [5.41, 5.74) is 0.509. The van der Waals surface area contributed by atoms with E-state index in [9.17, 15) is 22.8 Å². The number of methoxy groups -OCH3 is 1. The molecule has 0 fully saturated rings. The van der Waals surface area contributed by atoms with Crippen LogP contribution in [0.25, 0.3) is 21.9 Å². The summed E-state index contributed by atoms with van der Waals surface area (Å²) >= 11 is 1.24. The van der Waals surface area contributed by atoms with E-state index in [4.69, 9.17) is 4.74 Å². The molecular formula is C26H19F3N2O3S. The van der Waals surface area contributed by atoms with E-state index in [1.54, 1.807) is 6.07 Å². The zero-order chi connectivity index (χ0) is 24.7. The van der Waals surface area contributed by atoms with Crippen LogP contribution in [0.15, 0.2) is 76.6 Å². The third-order valence-corrected chi connectivity index (χ3v) is 7.19. The molecule has 1 aromatic heterocycles. The van der Waals surface area contributed by atoms with Crippen LogP contribution in [-0.4, -0.2) is 28.4 Å². The van der Waals surface area contributed by atoms with Crippen molar-refractivity contribution in [1.29, 1.82) is 0 Å². The molecule has 1 atom stereocenters. The smallest absolute Gasteiger partial charge is 0.416 e. The zero-order valence-electron chi connectivity index (χ0n) is 18.5. The van der Waals surface area contributed by atoms with Crippen molar-refractivity contribution in [2.24, 2.45) is 0 Å². The molecule has 3 aromatic carbocycles. The lowest BCUT2D eigenvalue weighted by atomic mass is 9.96. The van der Waals surface area contributed by atoms with Gasteiger partial charge in [-0.1, -0.05) is 54.6 Å². The maximum absolute atomic E-state index is 13.5. The lowest BCUT2D eigenvalue weighted by Gasteiger charge is -2.18. The summed E-state index contributed by atoms with van der Waals surface area (Å²) in [6.45, 7) is 0. The number of carbonyl (C=O) groups is 1. The van der Waals surface area contributed by atoms with Gasteiger partial charge in [0, 0.05) is 17.7 Å². The summed E-state index contributed by atoms with van der Waals surface area (Å²) < 4.78 is 46.6. The second-order valence-corrected chi connectivity index (χ2v) is 9.14. The Balaban J connectivity index is 1.74. The maximum atomic E-state index is 13.5. The van der Waals surface area contributed by atoms with Gasteiger partial charge in [-0.25, -0.2) is 9.59 Å². The van der Waals surface area contributed by atoms with Gasteiger partial charge in [0.2, 0.25) is 0 Å². The van der Waals surface area contributed by atoms with Crippen LogP contribution in [0.4, 0.5) is 13.2 Å².